The highest BCUT2D eigenvalue weighted by Crippen LogP contribution is 2.30. The van der Waals surface area contributed by atoms with Gasteiger partial charge in [0.05, 0.1) is 12.1 Å². The second-order valence-electron chi connectivity index (χ2n) is 7.97. The molecule has 1 aromatic carbocycles. The van der Waals surface area contributed by atoms with Gasteiger partial charge in [0.1, 0.15) is 5.82 Å². The molecule has 0 saturated heterocycles. The lowest BCUT2D eigenvalue weighted by Gasteiger charge is -2.23. The first-order chi connectivity index (χ1) is 12.7. The lowest BCUT2D eigenvalue weighted by Crippen LogP contribution is -2.35. The Hall–Kier alpha value is -2.53. The van der Waals surface area contributed by atoms with E-state index >= 15 is 0 Å². The molecule has 1 atom stereocenters. The van der Waals surface area contributed by atoms with E-state index in [4.69, 9.17) is 10.5 Å². The second-order valence-corrected chi connectivity index (χ2v) is 7.97. The van der Waals surface area contributed by atoms with Gasteiger partial charge in [0.2, 0.25) is 5.88 Å². The Bertz CT molecular complexity index is 950. The van der Waals surface area contributed by atoms with Crippen molar-refractivity contribution in [2.45, 2.75) is 39.7 Å². The maximum absolute atomic E-state index is 13.7. The highest BCUT2D eigenvalue weighted by molar-refractivity contribution is 5.94. The van der Waals surface area contributed by atoms with Gasteiger partial charge in [-0.1, -0.05) is 6.92 Å². The molecule has 0 aliphatic heterocycles. The van der Waals surface area contributed by atoms with Gasteiger partial charge in [0, 0.05) is 34.4 Å². The third-order valence-corrected chi connectivity index (χ3v) is 4.42. The van der Waals surface area contributed by atoms with Gasteiger partial charge in [-0.15, -0.1) is 0 Å². The fraction of sp³-hybridized carbons (Fsp3) is 0.364. The Balaban J connectivity index is 1.82. The van der Waals surface area contributed by atoms with Crippen LogP contribution in [0.5, 0.6) is 5.88 Å². The SMILES string of the molecule is Cc1cc(-c2ccnc3ccc(F)cc23)cnc1OC[C@@H](C)CC(C)(C)N. The molecule has 0 bridgehead atoms. The van der Waals surface area contributed by atoms with Crippen LogP contribution in [0.3, 0.4) is 0 Å². The van der Waals surface area contributed by atoms with E-state index in [-0.39, 0.29) is 11.4 Å². The van der Waals surface area contributed by atoms with Crippen molar-refractivity contribution in [2.75, 3.05) is 6.61 Å². The van der Waals surface area contributed by atoms with Gasteiger partial charge < -0.3 is 10.5 Å². The van der Waals surface area contributed by atoms with E-state index in [1.165, 1.54) is 12.1 Å². The summed E-state index contributed by atoms with van der Waals surface area (Å²) in [4.78, 5) is 8.79. The fourth-order valence-electron chi connectivity index (χ4n) is 3.41. The van der Waals surface area contributed by atoms with E-state index in [1.807, 2.05) is 32.9 Å². The maximum Gasteiger partial charge on any atom is 0.216 e. The van der Waals surface area contributed by atoms with Crippen molar-refractivity contribution in [2.24, 2.45) is 11.7 Å². The predicted molar refractivity (Wildman–Crippen MR) is 107 cm³/mol. The first-order valence-corrected chi connectivity index (χ1v) is 9.16. The zero-order valence-electron chi connectivity index (χ0n) is 16.3. The zero-order chi connectivity index (χ0) is 19.6. The summed E-state index contributed by atoms with van der Waals surface area (Å²) >= 11 is 0. The lowest BCUT2D eigenvalue weighted by molar-refractivity contribution is 0.221. The Morgan fingerprint density at radius 1 is 1.19 bits per heavy atom. The topological polar surface area (TPSA) is 61.0 Å². The lowest BCUT2D eigenvalue weighted by atomic mass is 9.93. The second kappa shape index (κ2) is 7.61. The molecule has 0 aliphatic carbocycles. The molecule has 3 rings (SSSR count). The average molecular weight is 367 g/mol. The van der Waals surface area contributed by atoms with E-state index in [0.29, 0.717) is 18.4 Å². The highest BCUT2D eigenvalue weighted by Gasteiger charge is 2.17. The molecule has 2 aromatic heterocycles. The highest BCUT2D eigenvalue weighted by atomic mass is 19.1. The monoisotopic (exact) mass is 367 g/mol. The van der Waals surface area contributed by atoms with E-state index in [2.05, 4.69) is 16.9 Å². The van der Waals surface area contributed by atoms with Gasteiger partial charge in [-0.2, -0.15) is 0 Å². The number of hydrogen-bond acceptors (Lipinski definition) is 4. The van der Waals surface area contributed by atoms with Crippen molar-refractivity contribution < 1.29 is 9.13 Å². The Labute approximate surface area is 159 Å². The number of nitrogens with zero attached hydrogens (tertiary/aromatic N) is 2. The number of halogens is 1. The first kappa shape index (κ1) is 19.2. The summed E-state index contributed by atoms with van der Waals surface area (Å²) in [6.07, 6.45) is 4.36. The van der Waals surface area contributed by atoms with Gasteiger partial charge in [0.15, 0.2) is 0 Å². The number of pyridine rings is 2. The number of benzene rings is 1. The van der Waals surface area contributed by atoms with Crippen molar-refractivity contribution in [1.82, 2.24) is 9.97 Å². The summed E-state index contributed by atoms with van der Waals surface area (Å²) in [7, 11) is 0. The Kier molecular flexibility index (Phi) is 5.42. The van der Waals surface area contributed by atoms with Crippen LogP contribution in [-0.4, -0.2) is 22.1 Å². The first-order valence-electron chi connectivity index (χ1n) is 9.16. The summed E-state index contributed by atoms with van der Waals surface area (Å²) in [5.41, 5.74) is 9.36. The minimum absolute atomic E-state index is 0.215. The summed E-state index contributed by atoms with van der Waals surface area (Å²) in [5, 5.41) is 0.770. The van der Waals surface area contributed by atoms with Crippen molar-refractivity contribution in [3.63, 3.8) is 0 Å². The van der Waals surface area contributed by atoms with Crippen LogP contribution in [0.1, 0.15) is 32.8 Å². The zero-order valence-corrected chi connectivity index (χ0v) is 16.3. The van der Waals surface area contributed by atoms with Gasteiger partial charge in [0.25, 0.3) is 0 Å². The molecule has 0 unspecified atom stereocenters. The number of hydrogen-bond donors (Lipinski definition) is 1. The number of nitrogens with two attached hydrogens (primary N) is 1. The van der Waals surface area contributed by atoms with Gasteiger partial charge in [-0.05, 0) is 69.0 Å². The van der Waals surface area contributed by atoms with Crippen molar-refractivity contribution in [1.29, 1.82) is 0 Å². The predicted octanol–water partition coefficient (Wildman–Crippen LogP) is 4.89. The van der Waals surface area contributed by atoms with Crippen LogP contribution in [0, 0.1) is 18.7 Å². The molecule has 0 aliphatic rings. The smallest absolute Gasteiger partial charge is 0.216 e. The van der Waals surface area contributed by atoms with Crippen LogP contribution >= 0.6 is 0 Å². The summed E-state index contributed by atoms with van der Waals surface area (Å²) in [6.45, 7) is 8.69. The molecule has 4 nitrogen and oxygen atoms in total. The third-order valence-electron chi connectivity index (χ3n) is 4.42. The number of aryl methyl sites for hydroxylation is 1. The minimum atomic E-state index is -0.279. The molecule has 0 radical (unpaired) electrons. The Morgan fingerprint density at radius 2 is 1.96 bits per heavy atom. The number of aromatic nitrogens is 2. The Morgan fingerprint density at radius 3 is 2.67 bits per heavy atom. The molecule has 5 heteroatoms. The van der Waals surface area contributed by atoms with Crippen molar-refractivity contribution in [3.05, 3.63) is 54.1 Å². The number of ether oxygens (including phenoxy) is 1. The molecule has 3 aromatic rings. The van der Waals surface area contributed by atoms with Crippen molar-refractivity contribution in [3.8, 4) is 17.0 Å². The average Bonchev–Trinajstić information content (AvgIpc) is 2.58. The van der Waals surface area contributed by atoms with Crippen LogP contribution in [-0.2, 0) is 0 Å². The molecule has 0 saturated carbocycles. The van der Waals surface area contributed by atoms with E-state index < -0.39 is 0 Å². The summed E-state index contributed by atoms with van der Waals surface area (Å²) < 4.78 is 19.6. The van der Waals surface area contributed by atoms with Crippen molar-refractivity contribution >= 4 is 10.9 Å². The van der Waals surface area contributed by atoms with Crippen LogP contribution in [0.4, 0.5) is 4.39 Å². The summed E-state index contributed by atoms with van der Waals surface area (Å²) in [5.74, 6) is 0.668. The molecular weight excluding hydrogens is 341 g/mol. The molecular formula is C22H26FN3O. The third kappa shape index (κ3) is 4.80. The molecule has 0 fully saturated rings. The van der Waals surface area contributed by atoms with Crippen LogP contribution < -0.4 is 10.5 Å². The van der Waals surface area contributed by atoms with E-state index in [1.54, 1.807) is 18.5 Å². The van der Waals surface area contributed by atoms with Crippen LogP contribution in [0.2, 0.25) is 0 Å². The van der Waals surface area contributed by atoms with Gasteiger partial charge in [-0.3, -0.25) is 4.98 Å². The van der Waals surface area contributed by atoms with E-state index in [9.17, 15) is 4.39 Å². The molecule has 0 amide bonds. The number of rotatable bonds is 6. The number of fused-ring (bicyclic) bond motifs is 1. The summed E-state index contributed by atoms with van der Waals surface area (Å²) in [6, 6.07) is 8.51. The van der Waals surface area contributed by atoms with Crippen LogP contribution in [0.15, 0.2) is 42.7 Å². The minimum Gasteiger partial charge on any atom is -0.477 e. The molecule has 2 N–H and O–H groups in total. The molecule has 2 heterocycles. The fourth-order valence-corrected chi connectivity index (χ4v) is 3.41. The molecule has 142 valence electrons. The van der Waals surface area contributed by atoms with Gasteiger partial charge >= 0.3 is 0 Å². The largest absolute Gasteiger partial charge is 0.477 e. The van der Waals surface area contributed by atoms with Crippen LogP contribution in [0.25, 0.3) is 22.0 Å². The van der Waals surface area contributed by atoms with E-state index in [0.717, 1.165) is 34.0 Å². The molecule has 0 spiro atoms. The normalized spacial score (nSPS) is 13.0. The van der Waals surface area contributed by atoms with Gasteiger partial charge in [-0.25, -0.2) is 9.37 Å². The quantitative estimate of drug-likeness (QED) is 0.674. The molecule has 27 heavy (non-hydrogen) atoms. The maximum atomic E-state index is 13.7. The standard InChI is InChI=1S/C22H26FN3O/c1-14(11-22(3,4)24)13-27-21-15(2)9-16(12-26-21)18-7-8-25-20-6-5-17(23)10-19(18)20/h5-10,12,14H,11,13,24H2,1-4H3/t14-/m0/s1.